The second-order valence-electron chi connectivity index (χ2n) is 7.77. The summed E-state index contributed by atoms with van der Waals surface area (Å²) in [6.07, 6.45) is 4.12. The number of carbonyl (C=O) groups is 1. The van der Waals surface area contributed by atoms with Gasteiger partial charge in [-0.3, -0.25) is 4.79 Å². The maximum absolute atomic E-state index is 11.7. The van der Waals surface area contributed by atoms with Gasteiger partial charge in [-0.15, -0.1) is 0 Å². The molecule has 0 spiro atoms. The summed E-state index contributed by atoms with van der Waals surface area (Å²) in [6.45, 7) is 8.46. The highest BCUT2D eigenvalue weighted by molar-refractivity contribution is 5.76. The molecule has 0 atom stereocenters. The van der Waals surface area contributed by atoms with Crippen molar-refractivity contribution in [3.05, 3.63) is 59.4 Å². The Morgan fingerprint density at radius 3 is 2.77 bits per heavy atom. The largest absolute Gasteiger partial charge is 0.493 e. The molecule has 1 aromatic heterocycles. The van der Waals surface area contributed by atoms with Gasteiger partial charge in [-0.25, -0.2) is 4.98 Å². The number of carbonyl (C=O) groups excluding carboxylic acids is 1. The van der Waals surface area contributed by atoms with Crippen LogP contribution in [0, 0.1) is 13.8 Å². The molecule has 160 valence electrons. The van der Waals surface area contributed by atoms with Crippen LogP contribution in [0.1, 0.15) is 49.6 Å². The molecule has 1 N–H and O–H groups in total. The molecule has 30 heavy (non-hydrogen) atoms. The second kappa shape index (κ2) is 10.8. The van der Waals surface area contributed by atoms with E-state index in [9.17, 15) is 4.79 Å². The Morgan fingerprint density at radius 2 is 1.93 bits per heavy atom. The van der Waals surface area contributed by atoms with E-state index in [1.807, 2.05) is 25.1 Å². The summed E-state index contributed by atoms with van der Waals surface area (Å²) in [4.78, 5) is 16.5. The number of fused-ring (bicyclic) bond motifs is 1. The smallest absolute Gasteiger partial charge is 0.219 e. The van der Waals surface area contributed by atoms with E-state index in [2.05, 4.69) is 48.0 Å². The Balaban J connectivity index is 1.59. The quantitative estimate of drug-likeness (QED) is 0.457. The zero-order valence-electron chi connectivity index (χ0n) is 18.4. The Hall–Kier alpha value is -2.82. The molecule has 0 aliphatic carbocycles. The van der Waals surface area contributed by atoms with Gasteiger partial charge >= 0.3 is 0 Å². The molecule has 0 bridgehead atoms. The lowest BCUT2D eigenvalue weighted by atomic mass is 10.1. The highest BCUT2D eigenvalue weighted by Crippen LogP contribution is 2.21. The number of ether oxygens (including phenoxy) is 1. The average molecular weight is 408 g/mol. The van der Waals surface area contributed by atoms with Crippen molar-refractivity contribution in [1.82, 2.24) is 14.9 Å². The third kappa shape index (κ3) is 5.62. The number of para-hydroxylation sites is 2. The molecule has 0 unspecified atom stereocenters. The van der Waals surface area contributed by atoms with Crippen LogP contribution in [0.3, 0.4) is 0 Å². The molecule has 5 nitrogen and oxygen atoms in total. The molecule has 0 fully saturated rings. The molecule has 1 heterocycles. The van der Waals surface area contributed by atoms with Gasteiger partial charge in [0.2, 0.25) is 5.91 Å². The molecule has 0 radical (unpaired) electrons. The molecule has 3 aromatic rings. The summed E-state index contributed by atoms with van der Waals surface area (Å²) in [5.74, 6) is 2.18. The van der Waals surface area contributed by atoms with E-state index < -0.39 is 0 Å². The molecule has 0 aliphatic rings. The van der Waals surface area contributed by atoms with Crippen LogP contribution in [0.15, 0.2) is 42.5 Å². The molecular formula is C25H33N3O2. The minimum absolute atomic E-state index is 0.134. The molecular weight excluding hydrogens is 374 g/mol. The molecule has 5 heteroatoms. The number of nitrogens with zero attached hydrogens (tertiary/aromatic N) is 2. The van der Waals surface area contributed by atoms with E-state index in [4.69, 9.17) is 9.72 Å². The van der Waals surface area contributed by atoms with Gasteiger partial charge in [0.15, 0.2) is 0 Å². The number of hydrogen-bond acceptors (Lipinski definition) is 3. The van der Waals surface area contributed by atoms with Crippen LogP contribution in [0.5, 0.6) is 5.75 Å². The van der Waals surface area contributed by atoms with Gasteiger partial charge in [0.05, 0.1) is 17.6 Å². The van der Waals surface area contributed by atoms with Gasteiger partial charge in [-0.05, 0) is 62.4 Å². The van der Waals surface area contributed by atoms with Gasteiger partial charge in [0.25, 0.3) is 0 Å². The second-order valence-corrected chi connectivity index (χ2v) is 7.77. The van der Waals surface area contributed by atoms with Crippen molar-refractivity contribution in [1.29, 1.82) is 0 Å². The van der Waals surface area contributed by atoms with Crippen molar-refractivity contribution in [2.24, 2.45) is 0 Å². The normalized spacial score (nSPS) is 11.0. The first kappa shape index (κ1) is 21.9. The van der Waals surface area contributed by atoms with E-state index in [1.54, 1.807) is 0 Å². The fraction of sp³-hybridized carbons (Fsp3) is 0.440. The van der Waals surface area contributed by atoms with Gasteiger partial charge in [-0.1, -0.05) is 31.2 Å². The molecule has 2 aromatic carbocycles. The Bertz CT molecular complexity index is 978. The number of amides is 1. The SMILES string of the molecule is CCCC(=O)NCCCc1nc2ccccc2n1CCCOc1cccc(C)c1C. The third-order valence-corrected chi connectivity index (χ3v) is 5.45. The topological polar surface area (TPSA) is 56.2 Å². The lowest BCUT2D eigenvalue weighted by Gasteiger charge is -2.13. The van der Waals surface area contributed by atoms with Crippen LogP contribution < -0.4 is 10.1 Å². The lowest BCUT2D eigenvalue weighted by molar-refractivity contribution is -0.121. The molecule has 3 rings (SSSR count). The first-order valence-corrected chi connectivity index (χ1v) is 11.0. The first-order valence-electron chi connectivity index (χ1n) is 11.0. The summed E-state index contributed by atoms with van der Waals surface area (Å²) < 4.78 is 8.34. The minimum atomic E-state index is 0.134. The van der Waals surface area contributed by atoms with Crippen molar-refractivity contribution in [2.75, 3.05) is 13.2 Å². The zero-order valence-corrected chi connectivity index (χ0v) is 18.4. The number of imidazole rings is 1. The third-order valence-electron chi connectivity index (χ3n) is 5.45. The van der Waals surface area contributed by atoms with Crippen molar-refractivity contribution in [3.8, 4) is 5.75 Å². The van der Waals surface area contributed by atoms with Crippen LogP contribution in [0.25, 0.3) is 11.0 Å². The monoisotopic (exact) mass is 407 g/mol. The summed E-state index contributed by atoms with van der Waals surface area (Å²) in [7, 11) is 0. The standard InChI is InChI=1S/C25H33N3O2/c1-4-10-25(29)26-16-8-15-24-27-21-12-5-6-13-22(21)28(24)17-9-18-30-23-14-7-11-19(2)20(23)3/h5-7,11-14H,4,8-10,15-18H2,1-3H3,(H,26,29). The Morgan fingerprint density at radius 1 is 1.10 bits per heavy atom. The average Bonchev–Trinajstić information content (AvgIpc) is 3.09. The maximum Gasteiger partial charge on any atom is 0.219 e. The highest BCUT2D eigenvalue weighted by Gasteiger charge is 2.11. The van der Waals surface area contributed by atoms with Gasteiger partial charge in [-0.2, -0.15) is 0 Å². The predicted octanol–water partition coefficient (Wildman–Crippen LogP) is 4.97. The van der Waals surface area contributed by atoms with Crippen molar-refractivity contribution < 1.29 is 9.53 Å². The Labute approximate surface area is 179 Å². The minimum Gasteiger partial charge on any atom is -0.493 e. The lowest BCUT2D eigenvalue weighted by Crippen LogP contribution is -2.24. The van der Waals surface area contributed by atoms with Crippen molar-refractivity contribution in [2.45, 2.75) is 59.4 Å². The zero-order chi connectivity index (χ0) is 21.3. The predicted molar refractivity (Wildman–Crippen MR) is 122 cm³/mol. The van der Waals surface area contributed by atoms with Crippen LogP contribution in [0.4, 0.5) is 0 Å². The fourth-order valence-corrected chi connectivity index (χ4v) is 3.64. The van der Waals surface area contributed by atoms with E-state index in [1.165, 1.54) is 11.1 Å². The number of aromatic nitrogens is 2. The van der Waals surface area contributed by atoms with Crippen LogP contribution in [-0.2, 0) is 17.8 Å². The fourth-order valence-electron chi connectivity index (χ4n) is 3.64. The van der Waals surface area contributed by atoms with Crippen molar-refractivity contribution >= 4 is 16.9 Å². The first-order chi connectivity index (χ1) is 14.6. The molecule has 0 saturated carbocycles. The van der Waals surface area contributed by atoms with Gasteiger partial charge in [0, 0.05) is 25.9 Å². The number of aryl methyl sites for hydroxylation is 3. The molecule has 1 amide bonds. The summed E-state index contributed by atoms with van der Waals surface area (Å²) in [5, 5.41) is 2.99. The number of benzene rings is 2. The number of rotatable bonds is 11. The van der Waals surface area contributed by atoms with E-state index in [-0.39, 0.29) is 5.91 Å². The van der Waals surface area contributed by atoms with E-state index in [0.717, 1.165) is 54.8 Å². The van der Waals surface area contributed by atoms with Crippen molar-refractivity contribution in [3.63, 3.8) is 0 Å². The highest BCUT2D eigenvalue weighted by atomic mass is 16.5. The van der Waals surface area contributed by atoms with Crippen LogP contribution in [0.2, 0.25) is 0 Å². The van der Waals surface area contributed by atoms with Crippen LogP contribution >= 0.6 is 0 Å². The van der Waals surface area contributed by atoms with E-state index >= 15 is 0 Å². The van der Waals surface area contributed by atoms with Gasteiger partial charge < -0.3 is 14.6 Å². The summed E-state index contributed by atoms with van der Waals surface area (Å²) >= 11 is 0. The Kier molecular flexibility index (Phi) is 7.89. The number of hydrogen-bond donors (Lipinski definition) is 1. The van der Waals surface area contributed by atoms with Gasteiger partial charge in [0.1, 0.15) is 11.6 Å². The molecule has 0 saturated heterocycles. The van der Waals surface area contributed by atoms with Crippen LogP contribution in [-0.4, -0.2) is 28.6 Å². The molecule has 0 aliphatic heterocycles. The summed E-state index contributed by atoms with van der Waals surface area (Å²) in [5.41, 5.74) is 4.64. The number of nitrogens with one attached hydrogen (secondary N) is 1. The maximum atomic E-state index is 11.7. The summed E-state index contributed by atoms with van der Waals surface area (Å²) in [6, 6.07) is 14.5. The van der Waals surface area contributed by atoms with E-state index in [0.29, 0.717) is 19.6 Å².